The fourth-order valence-corrected chi connectivity index (χ4v) is 3.56. The Labute approximate surface area is 160 Å². The number of rotatable bonds is 7. The van der Waals surface area contributed by atoms with Gasteiger partial charge in [0.1, 0.15) is 6.04 Å². The summed E-state index contributed by atoms with van der Waals surface area (Å²) in [6.07, 6.45) is 1.53. The average Bonchev–Trinajstić information content (AvgIpc) is 3.09. The van der Waals surface area contributed by atoms with Crippen molar-refractivity contribution in [1.82, 2.24) is 0 Å². The summed E-state index contributed by atoms with van der Waals surface area (Å²) in [6, 6.07) is 18.0. The van der Waals surface area contributed by atoms with Gasteiger partial charge in [0.2, 0.25) is 5.91 Å². The highest BCUT2D eigenvalue weighted by atomic mass is 16.2. The number of nitrogens with zero attached hydrogens (tertiary/aromatic N) is 1. The van der Waals surface area contributed by atoms with Crippen LogP contribution in [0, 0.1) is 5.92 Å². The number of hydrogen-bond acceptors (Lipinski definition) is 2. The molecule has 1 saturated heterocycles. The molecule has 0 spiro atoms. The first kappa shape index (κ1) is 19.1. The van der Waals surface area contributed by atoms with Gasteiger partial charge in [-0.1, -0.05) is 44.2 Å². The number of amides is 2. The van der Waals surface area contributed by atoms with Crippen LogP contribution in [0.5, 0.6) is 0 Å². The van der Waals surface area contributed by atoms with E-state index in [0.29, 0.717) is 18.9 Å². The predicted octanol–water partition coefficient (Wildman–Crippen LogP) is 2.71. The number of hydrogen-bond donors (Lipinski definition) is 2. The Bertz CT molecular complexity index is 772. The normalized spacial score (nSPS) is 15.2. The second-order valence-corrected chi connectivity index (χ2v) is 7.36. The molecule has 3 N–H and O–H groups in total. The third kappa shape index (κ3) is 4.95. The quantitative estimate of drug-likeness (QED) is 0.791. The van der Waals surface area contributed by atoms with E-state index in [1.54, 1.807) is 4.90 Å². The molecule has 0 saturated carbocycles. The van der Waals surface area contributed by atoms with Crippen molar-refractivity contribution in [3.8, 4) is 0 Å². The van der Waals surface area contributed by atoms with Crippen LogP contribution in [0.25, 0.3) is 0 Å². The lowest BCUT2D eigenvalue weighted by Gasteiger charge is -2.19. The predicted molar refractivity (Wildman–Crippen MR) is 107 cm³/mol. The maximum Gasteiger partial charge on any atom is 0.279 e. The number of nitrogens with one attached hydrogen (secondary N) is 1. The zero-order valence-electron chi connectivity index (χ0n) is 16.0. The summed E-state index contributed by atoms with van der Waals surface area (Å²) in [6.45, 7) is 5.48. The standard InChI is InChI=1S/C22H27N3O2/c1-16(2)22(17-7-4-3-5-8-17)23-15-20(26)24-18-10-12-19(13-11-18)25-14-6-9-21(25)27/h3-5,7-8,10-13,16,22-23H,6,9,14-15H2,1-2H3,(H,24,26)/p+1/t22-/m1/s1. The Hall–Kier alpha value is -2.66. The summed E-state index contributed by atoms with van der Waals surface area (Å²) in [4.78, 5) is 26.0. The SMILES string of the molecule is CC(C)[C@@H]([NH2+]CC(=O)Nc1ccc(N2CCCC2=O)cc1)c1ccccc1. The number of quaternary nitrogens is 1. The second-order valence-electron chi connectivity index (χ2n) is 7.36. The van der Waals surface area contributed by atoms with E-state index in [4.69, 9.17) is 0 Å². The molecule has 0 bridgehead atoms. The van der Waals surface area contributed by atoms with Gasteiger partial charge in [-0.3, -0.25) is 9.59 Å². The molecule has 1 aliphatic rings. The van der Waals surface area contributed by atoms with Gasteiger partial charge in [0.05, 0.1) is 0 Å². The van der Waals surface area contributed by atoms with Crippen molar-refractivity contribution in [3.05, 3.63) is 60.2 Å². The van der Waals surface area contributed by atoms with Gasteiger partial charge >= 0.3 is 0 Å². The monoisotopic (exact) mass is 366 g/mol. The zero-order valence-corrected chi connectivity index (χ0v) is 16.0. The van der Waals surface area contributed by atoms with E-state index in [-0.39, 0.29) is 17.9 Å². The molecule has 2 amide bonds. The minimum Gasteiger partial charge on any atom is -0.332 e. The molecule has 0 radical (unpaired) electrons. The van der Waals surface area contributed by atoms with Gasteiger partial charge in [-0.2, -0.15) is 0 Å². The Balaban J connectivity index is 1.55. The van der Waals surface area contributed by atoms with E-state index >= 15 is 0 Å². The van der Waals surface area contributed by atoms with E-state index in [2.05, 4.69) is 36.6 Å². The van der Waals surface area contributed by atoms with Crippen LogP contribution in [0.4, 0.5) is 11.4 Å². The minimum atomic E-state index is -0.0263. The van der Waals surface area contributed by atoms with Gasteiger partial charge in [0.25, 0.3) is 5.91 Å². The van der Waals surface area contributed by atoms with Crippen molar-refractivity contribution < 1.29 is 14.9 Å². The van der Waals surface area contributed by atoms with Gasteiger partial charge in [-0.05, 0) is 30.7 Å². The van der Waals surface area contributed by atoms with Gasteiger partial charge in [0, 0.05) is 35.8 Å². The number of carbonyl (C=O) groups excluding carboxylic acids is 2. The van der Waals surface area contributed by atoms with E-state index in [1.165, 1.54) is 5.56 Å². The topological polar surface area (TPSA) is 66.0 Å². The van der Waals surface area contributed by atoms with Crippen molar-refractivity contribution in [2.75, 3.05) is 23.3 Å². The van der Waals surface area contributed by atoms with E-state index in [9.17, 15) is 9.59 Å². The average molecular weight is 366 g/mol. The highest BCUT2D eigenvalue weighted by Crippen LogP contribution is 2.23. The van der Waals surface area contributed by atoms with Gasteiger partial charge in [0.15, 0.2) is 6.54 Å². The molecule has 0 aromatic heterocycles. The molecule has 0 aliphatic carbocycles. The summed E-state index contributed by atoms with van der Waals surface area (Å²) < 4.78 is 0. The molecule has 1 fully saturated rings. The van der Waals surface area contributed by atoms with Crippen molar-refractivity contribution in [2.45, 2.75) is 32.7 Å². The summed E-state index contributed by atoms with van der Waals surface area (Å²) >= 11 is 0. The zero-order chi connectivity index (χ0) is 19.2. The van der Waals surface area contributed by atoms with Gasteiger partial charge in [-0.25, -0.2) is 0 Å². The first-order valence-electron chi connectivity index (χ1n) is 9.63. The fraction of sp³-hybridized carbons (Fsp3) is 0.364. The van der Waals surface area contributed by atoms with Gasteiger partial charge < -0.3 is 15.5 Å². The maximum atomic E-state index is 12.4. The Kier molecular flexibility index (Phi) is 6.24. The van der Waals surface area contributed by atoms with E-state index in [1.807, 2.05) is 42.5 Å². The van der Waals surface area contributed by atoms with Crippen LogP contribution < -0.4 is 15.5 Å². The number of nitrogens with two attached hydrogens (primary N) is 1. The molecule has 1 heterocycles. The Morgan fingerprint density at radius 3 is 2.41 bits per heavy atom. The van der Waals surface area contributed by atoms with Crippen LogP contribution >= 0.6 is 0 Å². The molecule has 5 nitrogen and oxygen atoms in total. The van der Waals surface area contributed by atoms with Crippen LogP contribution in [0.3, 0.4) is 0 Å². The summed E-state index contributed by atoms with van der Waals surface area (Å²) in [7, 11) is 0. The molecule has 3 rings (SSSR count). The van der Waals surface area contributed by atoms with E-state index in [0.717, 1.165) is 24.3 Å². The van der Waals surface area contributed by atoms with Crippen molar-refractivity contribution >= 4 is 23.2 Å². The Morgan fingerprint density at radius 2 is 1.81 bits per heavy atom. The fourth-order valence-electron chi connectivity index (χ4n) is 3.56. The number of benzene rings is 2. The highest BCUT2D eigenvalue weighted by Gasteiger charge is 2.22. The minimum absolute atomic E-state index is 0.0263. The molecule has 2 aromatic rings. The smallest absolute Gasteiger partial charge is 0.279 e. The van der Waals surface area contributed by atoms with Crippen molar-refractivity contribution in [1.29, 1.82) is 0 Å². The number of carbonyl (C=O) groups is 2. The molecule has 5 heteroatoms. The summed E-state index contributed by atoms with van der Waals surface area (Å²) in [5, 5.41) is 5.03. The van der Waals surface area contributed by atoms with Gasteiger partial charge in [-0.15, -0.1) is 0 Å². The lowest BCUT2D eigenvalue weighted by molar-refractivity contribution is -0.692. The van der Waals surface area contributed by atoms with Crippen molar-refractivity contribution in [2.24, 2.45) is 5.92 Å². The van der Waals surface area contributed by atoms with Crippen LogP contribution in [-0.4, -0.2) is 24.9 Å². The van der Waals surface area contributed by atoms with Crippen LogP contribution in [0.2, 0.25) is 0 Å². The molecule has 1 aliphatic heterocycles. The lowest BCUT2D eigenvalue weighted by atomic mass is 9.96. The van der Waals surface area contributed by atoms with Crippen LogP contribution in [-0.2, 0) is 9.59 Å². The summed E-state index contributed by atoms with van der Waals surface area (Å²) in [5.74, 6) is 0.570. The molecular weight excluding hydrogens is 338 g/mol. The van der Waals surface area contributed by atoms with Crippen LogP contribution in [0.15, 0.2) is 54.6 Å². The number of anilines is 2. The molecule has 27 heavy (non-hydrogen) atoms. The van der Waals surface area contributed by atoms with E-state index < -0.39 is 0 Å². The molecular formula is C22H28N3O2+. The Morgan fingerprint density at radius 1 is 1.11 bits per heavy atom. The molecule has 2 aromatic carbocycles. The van der Waals surface area contributed by atoms with Crippen LogP contribution in [0.1, 0.15) is 38.3 Å². The lowest BCUT2D eigenvalue weighted by Crippen LogP contribution is -2.88. The largest absolute Gasteiger partial charge is 0.332 e. The molecule has 1 atom stereocenters. The third-order valence-electron chi connectivity index (χ3n) is 5.00. The third-order valence-corrected chi connectivity index (χ3v) is 5.00. The first-order valence-corrected chi connectivity index (χ1v) is 9.63. The molecule has 142 valence electrons. The molecule has 0 unspecified atom stereocenters. The van der Waals surface area contributed by atoms with Crippen molar-refractivity contribution in [3.63, 3.8) is 0 Å². The maximum absolute atomic E-state index is 12.4. The highest BCUT2D eigenvalue weighted by molar-refractivity contribution is 5.96. The second kappa shape index (κ2) is 8.82. The summed E-state index contributed by atoms with van der Waals surface area (Å²) in [5.41, 5.74) is 2.88. The first-order chi connectivity index (χ1) is 13.0.